The molecule has 3 aliphatic heterocycles. The van der Waals surface area contributed by atoms with E-state index in [1.165, 1.54) is 11.3 Å². The Hall–Kier alpha value is -2.46. The second-order valence-electron chi connectivity index (χ2n) is 6.86. The third-order valence-corrected chi connectivity index (χ3v) is 7.00. The molecule has 1 aromatic carbocycles. The van der Waals surface area contributed by atoms with Gasteiger partial charge in [-0.25, -0.2) is 4.79 Å². The first kappa shape index (κ1) is 18.6. The zero-order chi connectivity index (χ0) is 20.1. The van der Waals surface area contributed by atoms with E-state index in [9.17, 15) is 9.59 Å². The van der Waals surface area contributed by atoms with Crippen LogP contribution < -0.4 is 20.1 Å². The number of halogens is 1. The second kappa shape index (κ2) is 7.10. The third-order valence-electron chi connectivity index (χ3n) is 5.16. The Morgan fingerprint density at radius 1 is 1.34 bits per heavy atom. The van der Waals surface area contributed by atoms with Crippen molar-refractivity contribution in [1.29, 1.82) is 0 Å². The summed E-state index contributed by atoms with van der Waals surface area (Å²) in [6.45, 7) is 3.33. The standard InChI is InChI=1S/C19H18BrN3O5S/c1-2-26-19(25)23-4-3-9-14(7-23)29-18-15(9)17(24)21-16(22-18)10-5-12-13(6-11(10)20)28-8-27-12/h5-6,16,22H,2-4,7-8H2,1H3,(H,21,24)/t16-/m1/s1. The molecule has 0 aliphatic carbocycles. The second-order valence-corrected chi connectivity index (χ2v) is 8.82. The van der Waals surface area contributed by atoms with Gasteiger partial charge < -0.3 is 29.7 Å². The minimum absolute atomic E-state index is 0.115. The quantitative estimate of drug-likeness (QED) is 0.683. The molecule has 0 saturated heterocycles. The summed E-state index contributed by atoms with van der Waals surface area (Å²) in [5.41, 5.74) is 2.55. The average Bonchev–Trinajstić information content (AvgIpc) is 3.30. The number of anilines is 1. The third kappa shape index (κ3) is 3.10. The van der Waals surface area contributed by atoms with E-state index >= 15 is 0 Å². The number of carbonyl (C=O) groups excluding carboxylic acids is 2. The van der Waals surface area contributed by atoms with Crippen LogP contribution in [0, 0.1) is 0 Å². The number of carbonyl (C=O) groups is 2. The van der Waals surface area contributed by atoms with Gasteiger partial charge in [0.15, 0.2) is 11.5 Å². The van der Waals surface area contributed by atoms with Crippen molar-refractivity contribution in [3.8, 4) is 11.5 Å². The van der Waals surface area contributed by atoms with Crippen LogP contribution in [0.4, 0.5) is 9.80 Å². The van der Waals surface area contributed by atoms with Crippen molar-refractivity contribution in [2.75, 3.05) is 25.3 Å². The highest BCUT2D eigenvalue weighted by molar-refractivity contribution is 9.10. The Morgan fingerprint density at radius 3 is 2.93 bits per heavy atom. The van der Waals surface area contributed by atoms with E-state index in [-0.39, 0.29) is 18.8 Å². The summed E-state index contributed by atoms with van der Waals surface area (Å²) in [7, 11) is 0. The van der Waals surface area contributed by atoms with Crippen LogP contribution in [0.2, 0.25) is 0 Å². The number of amides is 2. The molecule has 0 saturated carbocycles. The molecule has 1 atom stereocenters. The molecular formula is C19H18BrN3O5S. The molecule has 10 heteroatoms. The van der Waals surface area contributed by atoms with Gasteiger partial charge in [-0.3, -0.25) is 4.79 Å². The Kier molecular flexibility index (Phi) is 4.54. The summed E-state index contributed by atoms with van der Waals surface area (Å²) in [6, 6.07) is 3.71. The number of thiophene rings is 1. The molecule has 3 aliphatic rings. The molecule has 152 valence electrons. The van der Waals surface area contributed by atoms with Crippen molar-refractivity contribution >= 4 is 44.3 Å². The molecule has 0 radical (unpaired) electrons. The minimum Gasteiger partial charge on any atom is -0.454 e. The molecule has 0 unspecified atom stereocenters. The van der Waals surface area contributed by atoms with Gasteiger partial charge in [-0.2, -0.15) is 0 Å². The first-order valence-electron chi connectivity index (χ1n) is 9.27. The molecule has 0 fully saturated rings. The summed E-state index contributed by atoms with van der Waals surface area (Å²) in [4.78, 5) is 27.7. The van der Waals surface area contributed by atoms with Crippen LogP contribution in [0.1, 0.15) is 39.5 Å². The fraction of sp³-hybridized carbons (Fsp3) is 0.368. The number of fused-ring (bicyclic) bond motifs is 4. The number of hydrogen-bond acceptors (Lipinski definition) is 7. The molecule has 1 aromatic heterocycles. The first-order chi connectivity index (χ1) is 14.0. The van der Waals surface area contributed by atoms with Gasteiger partial charge >= 0.3 is 6.09 Å². The van der Waals surface area contributed by atoms with Crippen LogP contribution in [0.3, 0.4) is 0 Å². The minimum atomic E-state index is -0.403. The lowest BCUT2D eigenvalue weighted by atomic mass is 10.0. The maximum absolute atomic E-state index is 12.9. The fourth-order valence-electron chi connectivity index (χ4n) is 3.80. The van der Waals surface area contributed by atoms with Gasteiger partial charge in [0.05, 0.1) is 18.7 Å². The summed E-state index contributed by atoms with van der Waals surface area (Å²) in [5.74, 6) is 1.21. The number of rotatable bonds is 2. The van der Waals surface area contributed by atoms with Crippen molar-refractivity contribution in [1.82, 2.24) is 10.2 Å². The molecule has 2 N–H and O–H groups in total. The van der Waals surface area contributed by atoms with Gasteiger partial charge in [0.2, 0.25) is 6.79 Å². The van der Waals surface area contributed by atoms with Gasteiger partial charge in [0.25, 0.3) is 5.91 Å². The Balaban J connectivity index is 1.44. The highest BCUT2D eigenvalue weighted by Crippen LogP contribution is 2.44. The Bertz CT molecular complexity index is 1020. The zero-order valence-corrected chi connectivity index (χ0v) is 17.9. The fourth-order valence-corrected chi connectivity index (χ4v) is 5.64. The van der Waals surface area contributed by atoms with E-state index in [0.29, 0.717) is 43.2 Å². The van der Waals surface area contributed by atoms with E-state index in [1.807, 2.05) is 12.1 Å². The Morgan fingerprint density at radius 2 is 2.14 bits per heavy atom. The van der Waals surface area contributed by atoms with E-state index in [1.54, 1.807) is 11.8 Å². The van der Waals surface area contributed by atoms with Crippen molar-refractivity contribution in [3.63, 3.8) is 0 Å². The van der Waals surface area contributed by atoms with Gasteiger partial charge in [-0.15, -0.1) is 11.3 Å². The number of nitrogens with one attached hydrogen (secondary N) is 2. The predicted molar refractivity (Wildman–Crippen MR) is 110 cm³/mol. The molecule has 0 bridgehead atoms. The lowest BCUT2D eigenvalue weighted by Gasteiger charge is -2.28. The lowest BCUT2D eigenvalue weighted by Crippen LogP contribution is -2.39. The molecule has 5 rings (SSSR count). The smallest absolute Gasteiger partial charge is 0.410 e. The zero-order valence-electron chi connectivity index (χ0n) is 15.5. The van der Waals surface area contributed by atoms with Gasteiger partial charge in [0, 0.05) is 21.5 Å². The lowest BCUT2D eigenvalue weighted by molar-refractivity contribution is 0.0934. The summed E-state index contributed by atoms with van der Waals surface area (Å²) in [5, 5.41) is 7.28. The largest absolute Gasteiger partial charge is 0.454 e. The van der Waals surface area contributed by atoms with Gasteiger partial charge in [-0.1, -0.05) is 15.9 Å². The molecule has 4 heterocycles. The average molecular weight is 480 g/mol. The molecular weight excluding hydrogens is 462 g/mol. The monoisotopic (exact) mass is 479 g/mol. The van der Waals surface area contributed by atoms with Gasteiger partial charge in [-0.05, 0) is 31.0 Å². The number of nitrogens with zero attached hydrogens (tertiary/aromatic N) is 1. The molecule has 8 nitrogen and oxygen atoms in total. The van der Waals surface area contributed by atoms with Crippen LogP contribution in [-0.2, 0) is 17.7 Å². The normalized spacial score (nSPS) is 19.2. The van der Waals surface area contributed by atoms with Crippen molar-refractivity contribution in [3.05, 3.63) is 38.2 Å². The maximum atomic E-state index is 12.9. The first-order valence-corrected chi connectivity index (χ1v) is 10.9. The summed E-state index contributed by atoms with van der Waals surface area (Å²) in [6.07, 6.45) is -0.0859. The topological polar surface area (TPSA) is 89.1 Å². The van der Waals surface area contributed by atoms with Crippen molar-refractivity contribution in [2.45, 2.75) is 26.1 Å². The summed E-state index contributed by atoms with van der Waals surface area (Å²) < 4.78 is 16.8. The highest BCUT2D eigenvalue weighted by Gasteiger charge is 2.35. The molecule has 2 amide bonds. The van der Waals surface area contributed by atoms with Crippen LogP contribution in [-0.4, -0.2) is 36.8 Å². The maximum Gasteiger partial charge on any atom is 0.410 e. The number of ether oxygens (including phenoxy) is 3. The van der Waals surface area contributed by atoms with E-state index < -0.39 is 6.17 Å². The van der Waals surface area contributed by atoms with Gasteiger partial charge in [0.1, 0.15) is 11.2 Å². The van der Waals surface area contributed by atoms with Crippen LogP contribution in [0.25, 0.3) is 0 Å². The SMILES string of the molecule is CCOC(=O)N1CCc2c(sc3c2C(=O)N[C@@H](c2cc4c(cc2Br)OCO4)N3)C1. The predicted octanol–water partition coefficient (Wildman–Crippen LogP) is 3.61. The molecule has 29 heavy (non-hydrogen) atoms. The van der Waals surface area contributed by atoms with E-state index in [2.05, 4.69) is 26.6 Å². The van der Waals surface area contributed by atoms with Crippen LogP contribution in [0.5, 0.6) is 11.5 Å². The number of benzene rings is 1. The van der Waals surface area contributed by atoms with E-state index in [4.69, 9.17) is 14.2 Å². The van der Waals surface area contributed by atoms with E-state index in [0.717, 1.165) is 25.5 Å². The van der Waals surface area contributed by atoms with Crippen molar-refractivity contribution in [2.24, 2.45) is 0 Å². The number of hydrogen-bond donors (Lipinski definition) is 2. The van der Waals surface area contributed by atoms with Crippen LogP contribution >= 0.6 is 27.3 Å². The molecule has 0 spiro atoms. The van der Waals surface area contributed by atoms with Crippen molar-refractivity contribution < 1.29 is 23.8 Å². The summed E-state index contributed by atoms with van der Waals surface area (Å²) >= 11 is 5.08. The Labute approximate surface area is 179 Å². The highest BCUT2D eigenvalue weighted by atomic mass is 79.9. The van der Waals surface area contributed by atoms with Crippen LogP contribution in [0.15, 0.2) is 16.6 Å². The molecule has 2 aromatic rings.